The molecule has 0 unspecified atom stereocenters. The van der Waals surface area contributed by atoms with Crippen molar-refractivity contribution >= 4 is 22.5 Å². The van der Waals surface area contributed by atoms with Crippen LogP contribution in [0.15, 0.2) is 60.7 Å². The number of pyridine rings is 1. The summed E-state index contributed by atoms with van der Waals surface area (Å²) in [6, 6.07) is 19.7. The number of hydrogen-bond donors (Lipinski definition) is 0. The molecule has 4 aromatic rings. The van der Waals surface area contributed by atoms with E-state index in [1.165, 1.54) is 0 Å². The number of aromatic nitrogens is 3. The average Bonchev–Trinajstić information content (AvgIpc) is 2.61. The molecular formula is C21H16ClN3. The Bertz CT molecular complexity index is 1090. The van der Waals surface area contributed by atoms with Crippen LogP contribution in [0.2, 0.25) is 5.02 Å². The lowest BCUT2D eigenvalue weighted by atomic mass is 10.0. The minimum absolute atomic E-state index is 0.608. The maximum Gasteiger partial charge on any atom is 0.179 e. The van der Waals surface area contributed by atoms with Gasteiger partial charge in [0.05, 0.1) is 11.2 Å². The van der Waals surface area contributed by atoms with Crippen LogP contribution in [-0.4, -0.2) is 15.0 Å². The molecule has 0 radical (unpaired) electrons. The Labute approximate surface area is 151 Å². The molecule has 2 aromatic heterocycles. The van der Waals surface area contributed by atoms with Crippen LogP contribution in [0.1, 0.15) is 11.3 Å². The van der Waals surface area contributed by atoms with Crippen molar-refractivity contribution in [2.24, 2.45) is 0 Å². The van der Waals surface area contributed by atoms with Crippen molar-refractivity contribution in [1.82, 2.24) is 15.0 Å². The molecule has 0 aliphatic carbocycles. The van der Waals surface area contributed by atoms with Crippen molar-refractivity contribution in [2.75, 3.05) is 0 Å². The van der Waals surface area contributed by atoms with Gasteiger partial charge in [0.1, 0.15) is 5.69 Å². The molecule has 0 amide bonds. The molecule has 0 spiro atoms. The molecule has 0 fully saturated rings. The number of hydrogen-bond acceptors (Lipinski definition) is 3. The molecule has 0 saturated heterocycles. The number of fused-ring (bicyclic) bond motifs is 1. The highest BCUT2D eigenvalue weighted by Gasteiger charge is 2.15. The normalized spacial score (nSPS) is 11.0. The van der Waals surface area contributed by atoms with E-state index in [4.69, 9.17) is 21.6 Å². The van der Waals surface area contributed by atoms with E-state index in [1.807, 2.05) is 61.5 Å². The van der Waals surface area contributed by atoms with E-state index >= 15 is 0 Å². The Kier molecular flexibility index (Phi) is 3.94. The molecule has 0 saturated carbocycles. The standard InChI is InChI=1S/C21H16ClN3/c1-13-7-5-11-17-19(13)20(15-9-3-4-10-16(15)22)25-21(24-17)18-12-6-8-14(2)23-18/h3-12H,1-2H3. The van der Waals surface area contributed by atoms with Gasteiger partial charge in [0.25, 0.3) is 0 Å². The van der Waals surface area contributed by atoms with E-state index < -0.39 is 0 Å². The van der Waals surface area contributed by atoms with Gasteiger partial charge in [-0.3, -0.25) is 0 Å². The van der Waals surface area contributed by atoms with Gasteiger partial charge >= 0.3 is 0 Å². The van der Waals surface area contributed by atoms with Crippen molar-refractivity contribution in [3.8, 4) is 22.8 Å². The Hall–Kier alpha value is -2.78. The Morgan fingerprint density at radius 2 is 1.56 bits per heavy atom. The van der Waals surface area contributed by atoms with E-state index in [-0.39, 0.29) is 0 Å². The number of aryl methyl sites for hydroxylation is 2. The van der Waals surface area contributed by atoms with Crippen LogP contribution >= 0.6 is 11.6 Å². The zero-order chi connectivity index (χ0) is 17.4. The molecule has 4 rings (SSSR count). The third kappa shape index (κ3) is 2.87. The first-order valence-electron chi connectivity index (χ1n) is 8.10. The largest absolute Gasteiger partial charge is 0.250 e. The Morgan fingerprint density at radius 3 is 2.36 bits per heavy atom. The number of nitrogens with zero attached hydrogens (tertiary/aromatic N) is 3. The van der Waals surface area contributed by atoms with E-state index in [1.54, 1.807) is 0 Å². The molecule has 2 aromatic carbocycles. The van der Waals surface area contributed by atoms with E-state index in [0.717, 1.165) is 39.1 Å². The topological polar surface area (TPSA) is 38.7 Å². The van der Waals surface area contributed by atoms with Crippen molar-refractivity contribution in [3.05, 3.63) is 76.9 Å². The zero-order valence-corrected chi connectivity index (χ0v) is 14.7. The van der Waals surface area contributed by atoms with Gasteiger partial charge in [0.2, 0.25) is 0 Å². The second kappa shape index (κ2) is 6.26. The van der Waals surface area contributed by atoms with Crippen LogP contribution in [-0.2, 0) is 0 Å². The van der Waals surface area contributed by atoms with Crippen LogP contribution in [0.4, 0.5) is 0 Å². The first-order valence-corrected chi connectivity index (χ1v) is 8.47. The summed E-state index contributed by atoms with van der Waals surface area (Å²) in [4.78, 5) is 14.2. The lowest BCUT2D eigenvalue weighted by molar-refractivity contribution is 1.14. The molecule has 0 aliphatic rings. The summed E-state index contributed by atoms with van der Waals surface area (Å²) < 4.78 is 0. The fraction of sp³-hybridized carbons (Fsp3) is 0.0952. The highest BCUT2D eigenvalue weighted by Crippen LogP contribution is 2.34. The molecule has 4 heteroatoms. The van der Waals surface area contributed by atoms with Crippen molar-refractivity contribution in [2.45, 2.75) is 13.8 Å². The molecule has 3 nitrogen and oxygen atoms in total. The molecular weight excluding hydrogens is 330 g/mol. The summed E-state index contributed by atoms with van der Waals surface area (Å²) in [7, 11) is 0. The zero-order valence-electron chi connectivity index (χ0n) is 14.0. The first-order chi connectivity index (χ1) is 12.1. The Morgan fingerprint density at radius 1 is 0.760 bits per heavy atom. The molecule has 0 aliphatic heterocycles. The second-order valence-electron chi connectivity index (χ2n) is 6.01. The third-order valence-corrected chi connectivity index (χ3v) is 4.51. The van der Waals surface area contributed by atoms with Crippen LogP contribution in [0, 0.1) is 13.8 Å². The predicted molar refractivity (Wildman–Crippen MR) is 103 cm³/mol. The summed E-state index contributed by atoms with van der Waals surface area (Å²) in [6.45, 7) is 4.03. The summed E-state index contributed by atoms with van der Waals surface area (Å²) in [6.07, 6.45) is 0. The van der Waals surface area contributed by atoms with Crippen molar-refractivity contribution in [3.63, 3.8) is 0 Å². The number of halogens is 1. The molecule has 122 valence electrons. The van der Waals surface area contributed by atoms with Crippen molar-refractivity contribution in [1.29, 1.82) is 0 Å². The van der Waals surface area contributed by atoms with E-state index in [9.17, 15) is 0 Å². The van der Waals surface area contributed by atoms with Crippen LogP contribution in [0.5, 0.6) is 0 Å². The summed E-state index contributed by atoms with van der Waals surface area (Å²) in [5.41, 5.74) is 5.45. The summed E-state index contributed by atoms with van der Waals surface area (Å²) >= 11 is 6.46. The van der Waals surface area contributed by atoms with Gasteiger partial charge in [0, 0.05) is 21.7 Å². The minimum atomic E-state index is 0.608. The fourth-order valence-electron chi connectivity index (χ4n) is 2.98. The Balaban J connectivity index is 2.08. The summed E-state index contributed by atoms with van der Waals surface area (Å²) in [5, 5.41) is 1.70. The lowest BCUT2D eigenvalue weighted by Crippen LogP contribution is -1.98. The van der Waals surface area contributed by atoms with Gasteiger partial charge in [0.15, 0.2) is 5.82 Å². The van der Waals surface area contributed by atoms with Gasteiger partial charge in [-0.25, -0.2) is 15.0 Å². The molecule has 0 atom stereocenters. The minimum Gasteiger partial charge on any atom is -0.250 e. The van der Waals surface area contributed by atoms with Crippen LogP contribution < -0.4 is 0 Å². The first kappa shape index (κ1) is 15.7. The van der Waals surface area contributed by atoms with Crippen LogP contribution in [0.3, 0.4) is 0 Å². The van der Waals surface area contributed by atoms with Gasteiger partial charge < -0.3 is 0 Å². The van der Waals surface area contributed by atoms with E-state index in [0.29, 0.717) is 10.8 Å². The smallest absolute Gasteiger partial charge is 0.179 e. The molecule has 0 N–H and O–H groups in total. The fourth-order valence-corrected chi connectivity index (χ4v) is 3.21. The highest BCUT2D eigenvalue weighted by atomic mass is 35.5. The van der Waals surface area contributed by atoms with E-state index in [2.05, 4.69) is 18.0 Å². The monoisotopic (exact) mass is 345 g/mol. The average molecular weight is 346 g/mol. The second-order valence-corrected chi connectivity index (χ2v) is 6.42. The third-order valence-electron chi connectivity index (χ3n) is 4.18. The van der Waals surface area contributed by atoms with Gasteiger partial charge in [-0.15, -0.1) is 0 Å². The predicted octanol–water partition coefficient (Wildman–Crippen LogP) is 5.63. The maximum atomic E-state index is 6.46. The lowest BCUT2D eigenvalue weighted by Gasteiger charge is -2.12. The SMILES string of the molecule is Cc1cccc(-c2nc(-c3ccccc3Cl)c3c(C)cccc3n2)n1. The van der Waals surface area contributed by atoms with Gasteiger partial charge in [-0.1, -0.05) is 48.0 Å². The quantitative estimate of drug-likeness (QED) is 0.472. The number of benzene rings is 2. The highest BCUT2D eigenvalue weighted by molar-refractivity contribution is 6.33. The maximum absolute atomic E-state index is 6.46. The molecule has 25 heavy (non-hydrogen) atoms. The number of rotatable bonds is 2. The summed E-state index contributed by atoms with van der Waals surface area (Å²) in [5.74, 6) is 0.608. The van der Waals surface area contributed by atoms with Gasteiger partial charge in [-0.2, -0.15) is 0 Å². The van der Waals surface area contributed by atoms with Crippen molar-refractivity contribution < 1.29 is 0 Å². The van der Waals surface area contributed by atoms with Gasteiger partial charge in [-0.05, 0) is 43.7 Å². The molecule has 0 bridgehead atoms. The van der Waals surface area contributed by atoms with Crippen LogP contribution in [0.25, 0.3) is 33.7 Å². The molecule has 2 heterocycles.